The molecule has 0 rings (SSSR count). The van der Waals surface area contributed by atoms with Crippen molar-refractivity contribution in [2.75, 3.05) is 0 Å². The van der Waals surface area contributed by atoms with Gasteiger partial charge in [0, 0.05) is 0 Å². The predicted molar refractivity (Wildman–Crippen MR) is 56.6 cm³/mol. The fraction of sp³-hybridized carbons (Fsp3) is 0. The van der Waals surface area contributed by atoms with E-state index in [2.05, 4.69) is 10.2 Å². The van der Waals surface area contributed by atoms with Gasteiger partial charge in [-0.2, -0.15) is 10.2 Å². The summed E-state index contributed by atoms with van der Waals surface area (Å²) < 4.78 is 0.222. The van der Waals surface area contributed by atoms with Gasteiger partial charge >= 0.3 is 0 Å². The first-order valence-electron chi connectivity index (χ1n) is 2.72. The van der Waals surface area contributed by atoms with Crippen LogP contribution in [0.15, 0.2) is 31.3 Å². The molecule has 66 valence electrons. The molecule has 2 nitrogen and oxygen atoms in total. The lowest BCUT2D eigenvalue weighted by molar-refractivity contribution is 1.27. The molecule has 0 amide bonds. The molecule has 0 aromatic carbocycles. The molecule has 0 N–H and O–H groups in total. The molecule has 0 aromatic heterocycles. The lowest BCUT2D eigenvalue weighted by atomic mass is 10.7. The van der Waals surface area contributed by atoms with E-state index in [9.17, 15) is 0 Å². The minimum absolute atomic E-state index is 0.111. The second-order valence-corrected chi connectivity index (χ2v) is 3.46. The normalized spacial score (nSPS) is 10.7. The van der Waals surface area contributed by atoms with Crippen molar-refractivity contribution in [3.8, 4) is 0 Å². The Balaban J connectivity index is 3.83. The average Bonchev–Trinajstić information content (AvgIpc) is 1.95. The van der Waals surface area contributed by atoms with E-state index in [1.54, 1.807) is 0 Å². The van der Waals surface area contributed by atoms with E-state index in [1.165, 1.54) is 24.6 Å². The van der Waals surface area contributed by atoms with Gasteiger partial charge < -0.3 is 0 Å². The third-order valence-electron chi connectivity index (χ3n) is 0.601. The Bertz CT molecular complexity index is 208. The summed E-state index contributed by atoms with van der Waals surface area (Å²) in [5.74, 6) is 0. The van der Waals surface area contributed by atoms with Crippen LogP contribution < -0.4 is 0 Å². The monoisotopic (exact) mass is 244 g/mol. The van der Waals surface area contributed by atoms with Crippen LogP contribution in [0.3, 0.4) is 0 Å². The molecule has 6 heteroatoms. The molecule has 0 aliphatic carbocycles. The van der Waals surface area contributed by atoms with E-state index in [1.807, 2.05) is 0 Å². The third-order valence-corrected chi connectivity index (χ3v) is 1.11. The Morgan fingerprint density at radius 3 is 1.33 bits per heavy atom. The highest BCUT2D eigenvalue weighted by molar-refractivity contribution is 6.56. The molecule has 0 aliphatic rings. The van der Waals surface area contributed by atoms with Crippen molar-refractivity contribution in [2.45, 2.75) is 0 Å². The standard InChI is InChI=1S/C6H4Cl4N2/c7-5(8)1-3-11-12-4-2-6(9)10/h1-4H/b11-3+,12-4+. The van der Waals surface area contributed by atoms with E-state index in [0.29, 0.717) is 0 Å². The Morgan fingerprint density at radius 2 is 1.08 bits per heavy atom. The van der Waals surface area contributed by atoms with Gasteiger partial charge in [-0.05, 0) is 12.2 Å². The van der Waals surface area contributed by atoms with Crippen LogP contribution in [0.5, 0.6) is 0 Å². The number of rotatable bonds is 3. The maximum absolute atomic E-state index is 5.27. The van der Waals surface area contributed by atoms with Gasteiger partial charge in [0.1, 0.15) is 8.98 Å². The molecule has 0 aromatic rings. The molecule has 12 heavy (non-hydrogen) atoms. The second-order valence-electron chi connectivity index (χ2n) is 1.44. The number of nitrogens with zero attached hydrogens (tertiary/aromatic N) is 2. The summed E-state index contributed by atoms with van der Waals surface area (Å²) in [6.07, 6.45) is 5.43. The Kier molecular flexibility index (Phi) is 7.61. The van der Waals surface area contributed by atoms with Crippen molar-refractivity contribution in [1.82, 2.24) is 0 Å². The SMILES string of the molecule is ClC(Cl)=C/C=N/N=C/C=C(Cl)Cl. The van der Waals surface area contributed by atoms with Crippen LogP contribution in [0, 0.1) is 0 Å². The molecule has 0 saturated carbocycles. The third kappa shape index (κ3) is 9.98. The van der Waals surface area contributed by atoms with Gasteiger partial charge in [0.25, 0.3) is 0 Å². The summed E-state index contributed by atoms with van der Waals surface area (Å²) in [6.45, 7) is 0. The van der Waals surface area contributed by atoms with Crippen molar-refractivity contribution in [2.24, 2.45) is 10.2 Å². The quantitative estimate of drug-likeness (QED) is 0.536. The second kappa shape index (κ2) is 7.62. The van der Waals surface area contributed by atoms with Gasteiger partial charge in [-0.1, -0.05) is 46.4 Å². The summed E-state index contributed by atoms with van der Waals surface area (Å²) in [5.41, 5.74) is 0. The van der Waals surface area contributed by atoms with Crippen LogP contribution in [0.2, 0.25) is 0 Å². The molecule has 0 heterocycles. The van der Waals surface area contributed by atoms with Crippen LogP contribution >= 0.6 is 46.4 Å². The van der Waals surface area contributed by atoms with Crippen molar-refractivity contribution >= 4 is 58.8 Å². The lowest BCUT2D eigenvalue weighted by Gasteiger charge is -1.76. The van der Waals surface area contributed by atoms with Gasteiger partial charge in [-0.15, -0.1) is 0 Å². The first-order valence-corrected chi connectivity index (χ1v) is 4.23. The number of halogens is 4. The summed E-state index contributed by atoms with van der Waals surface area (Å²) in [7, 11) is 0. The highest BCUT2D eigenvalue weighted by atomic mass is 35.5. The van der Waals surface area contributed by atoms with Crippen molar-refractivity contribution < 1.29 is 0 Å². The summed E-state index contributed by atoms with van der Waals surface area (Å²) in [4.78, 5) is 0. The lowest BCUT2D eigenvalue weighted by Crippen LogP contribution is -1.65. The number of allylic oxidation sites excluding steroid dienone is 2. The molecule has 0 unspecified atom stereocenters. The minimum Gasteiger partial charge on any atom is -0.159 e. The zero-order valence-electron chi connectivity index (χ0n) is 5.72. The van der Waals surface area contributed by atoms with Crippen molar-refractivity contribution in [3.05, 3.63) is 21.1 Å². The van der Waals surface area contributed by atoms with Gasteiger partial charge in [0.2, 0.25) is 0 Å². The van der Waals surface area contributed by atoms with Gasteiger partial charge in [0.15, 0.2) is 0 Å². The highest BCUT2D eigenvalue weighted by Crippen LogP contribution is 2.04. The zero-order valence-corrected chi connectivity index (χ0v) is 8.74. The van der Waals surface area contributed by atoms with E-state index < -0.39 is 0 Å². The number of hydrogen-bond acceptors (Lipinski definition) is 2. The van der Waals surface area contributed by atoms with Crippen molar-refractivity contribution in [3.63, 3.8) is 0 Å². The Morgan fingerprint density at radius 1 is 0.750 bits per heavy atom. The number of hydrogen-bond donors (Lipinski definition) is 0. The molecule has 0 saturated heterocycles. The van der Waals surface area contributed by atoms with Crippen LogP contribution in [-0.4, -0.2) is 12.4 Å². The average molecular weight is 246 g/mol. The maximum atomic E-state index is 5.27. The van der Waals surface area contributed by atoms with E-state index in [0.717, 1.165) is 0 Å². The minimum atomic E-state index is 0.111. The molecule has 0 atom stereocenters. The Labute approximate surface area is 90.2 Å². The summed E-state index contributed by atoms with van der Waals surface area (Å²) >= 11 is 21.1. The van der Waals surface area contributed by atoms with Crippen LogP contribution in [-0.2, 0) is 0 Å². The molecule has 0 spiro atoms. The van der Waals surface area contributed by atoms with Crippen molar-refractivity contribution in [1.29, 1.82) is 0 Å². The molecule has 0 radical (unpaired) electrons. The molecule has 0 fully saturated rings. The van der Waals surface area contributed by atoms with E-state index >= 15 is 0 Å². The highest BCUT2D eigenvalue weighted by Gasteiger charge is 1.76. The topological polar surface area (TPSA) is 24.7 Å². The maximum Gasteiger partial charge on any atom is 0.108 e. The molecule has 0 bridgehead atoms. The Hall–Kier alpha value is -0.0200. The molecule has 0 aliphatic heterocycles. The van der Waals surface area contributed by atoms with Crippen LogP contribution in [0.1, 0.15) is 0 Å². The summed E-state index contributed by atoms with van der Waals surface area (Å²) in [5, 5.41) is 7.04. The van der Waals surface area contributed by atoms with Gasteiger partial charge in [-0.25, -0.2) is 0 Å². The van der Waals surface area contributed by atoms with Gasteiger partial charge in [-0.3, -0.25) is 0 Å². The smallest absolute Gasteiger partial charge is 0.108 e. The van der Waals surface area contributed by atoms with Gasteiger partial charge in [0.05, 0.1) is 12.4 Å². The fourth-order valence-electron chi connectivity index (χ4n) is 0.256. The largest absolute Gasteiger partial charge is 0.159 e. The first-order chi connectivity index (χ1) is 5.63. The van der Waals surface area contributed by atoms with E-state index in [4.69, 9.17) is 46.4 Å². The van der Waals surface area contributed by atoms with Crippen LogP contribution in [0.25, 0.3) is 0 Å². The molecular weight excluding hydrogens is 242 g/mol. The zero-order chi connectivity index (χ0) is 9.40. The predicted octanol–water partition coefficient (Wildman–Crippen LogP) is 3.68. The summed E-state index contributed by atoms with van der Waals surface area (Å²) in [6, 6.07) is 0. The molecular formula is C6H4Cl4N2. The van der Waals surface area contributed by atoms with E-state index in [-0.39, 0.29) is 8.98 Å². The first kappa shape index (κ1) is 12.0. The van der Waals surface area contributed by atoms with Crippen LogP contribution in [0.4, 0.5) is 0 Å². The fourth-order valence-corrected chi connectivity index (χ4v) is 0.482.